The Hall–Kier alpha value is -2.22. The van der Waals surface area contributed by atoms with Crippen LogP contribution in [0.3, 0.4) is 0 Å². The second kappa shape index (κ2) is 8.86. The van der Waals surface area contributed by atoms with Gasteiger partial charge in [0.05, 0.1) is 10.9 Å². The molecule has 5 nitrogen and oxygen atoms in total. The Morgan fingerprint density at radius 1 is 1.00 bits per heavy atom. The maximum Gasteiger partial charge on any atom is 0.240 e. The highest BCUT2D eigenvalue weighted by molar-refractivity contribution is 9.10. The zero-order valence-electron chi connectivity index (χ0n) is 15.4. The van der Waals surface area contributed by atoms with Crippen molar-refractivity contribution in [3.63, 3.8) is 0 Å². The number of hydrogen-bond acceptors (Lipinski definition) is 3. The van der Waals surface area contributed by atoms with E-state index in [4.69, 9.17) is 0 Å². The molecule has 0 aliphatic heterocycles. The van der Waals surface area contributed by atoms with Gasteiger partial charge in [-0.25, -0.2) is 13.1 Å². The van der Waals surface area contributed by atoms with Crippen molar-refractivity contribution in [1.29, 1.82) is 0 Å². The van der Waals surface area contributed by atoms with Gasteiger partial charge < -0.3 is 5.32 Å². The number of nitrogens with one attached hydrogen (secondary N) is 2. The third kappa shape index (κ3) is 5.19. The summed E-state index contributed by atoms with van der Waals surface area (Å²) in [6.45, 7) is 1.93. The van der Waals surface area contributed by atoms with Gasteiger partial charge in [-0.1, -0.05) is 58.4 Å². The van der Waals surface area contributed by atoms with E-state index in [1.54, 1.807) is 18.2 Å². The van der Waals surface area contributed by atoms with Crippen LogP contribution >= 0.6 is 15.9 Å². The van der Waals surface area contributed by atoms with Crippen molar-refractivity contribution >= 4 is 42.6 Å². The van der Waals surface area contributed by atoms with E-state index in [9.17, 15) is 13.2 Å². The lowest BCUT2D eigenvalue weighted by Gasteiger charge is -2.14. The normalized spacial score (nSPS) is 12.6. The number of fused-ring (bicyclic) bond motifs is 1. The summed E-state index contributed by atoms with van der Waals surface area (Å²) in [6.07, 6.45) is 0.0632. The number of sulfonamides is 1. The second-order valence-electron chi connectivity index (χ2n) is 6.50. The molecule has 3 rings (SSSR count). The first-order chi connectivity index (χ1) is 13.3. The molecule has 1 amide bonds. The van der Waals surface area contributed by atoms with Crippen LogP contribution in [0.5, 0.6) is 0 Å². The highest BCUT2D eigenvalue weighted by atomic mass is 79.9. The second-order valence-corrected chi connectivity index (χ2v) is 9.18. The highest BCUT2D eigenvalue weighted by Gasteiger charge is 2.15. The SMILES string of the molecule is CC(NC(=O)CCNS(=O)(=O)c1ccc2ccccc2c1)c1ccc(Br)cc1. The first-order valence-electron chi connectivity index (χ1n) is 8.88. The molecule has 1 atom stereocenters. The lowest BCUT2D eigenvalue weighted by molar-refractivity contribution is -0.121. The molecular weight excluding hydrogens is 440 g/mol. The van der Waals surface area contributed by atoms with Gasteiger partial charge in [0.1, 0.15) is 0 Å². The molecule has 0 aliphatic rings. The Balaban J connectivity index is 1.55. The summed E-state index contributed by atoms with van der Waals surface area (Å²) in [7, 11) is -3.67. The average molecular weight is 461 g/mol. The van der Waals surface area contributed by atoms with Gasteiger partial charge in [-0.15, -0.1) is 0 Å². The molecule has 0 saturated carbocycles. The first-order valence-corrected chi connectivity index (χ1v) is 11.2. The van der Waals surface area contributed by atoms with Crippen molar-refractivity contribution in [3.05, 3.63) is 76.8 Å². The standard InChI is InChI=1S/C21H21BrN2O3S/c1-15(16-6-9-19(22)10-7-16)24-21(25)12-13-23-28(26,27)20-11-8-17-4-2-3-5-18(17)14-20/h2-11,14-15,23H,12-13H2,1H3,(H,24,25). The number of amides is 1. The Bertz CT molecular complexity index is 1080. The fourth-order valence-corrected chi connectivity index (χ4v) is 4.20. The predicted molar refractivity (Wildman–Crippen MR) is 114 cm³/mol. The zero-order chi connectivity index (χ0) is 20.1. The van der Waals surface area contributed by atoms with E-state index in [-0.39, 0.29) is 29.8 Å². The van der Waals surface area contributed by atoms with E-state index in [1.807, 2.05) is 55.5 Å². The molecule has 1 unspecified atom stereocenters. The summed E-state index contributed by atoms with van der Waals surface area (Å²) in [5, 5.41) is 4.70. The monoisotopic (exact) mass is 460 g/mol. The predicted octanol–water partition coefficient (Wildman–Crippen LogP) is 4.15. The van der Waals surface area contributed by atoms with Crippen molar-refractivity contribution < 1.29 is 13.2 Å². The fourth-order valence-electron chi connectivity index (χ4n) is 2.87. The first kappa shape index (κ1) is 20.5. The molecule has 0 aliphatic carbocycles. The Kier molecular flexibility index (Phi) is 6.49. The highest BCUT2D eigenvalue weighted by Crippen LogP contribution is 2.19. The summed E-state index contributed by atoms with van der Waals surface area (Å²) in [4.78, 5) is 12.3. The van der Waals surface area contributed by atoms with Crippen molar-refractivity contribution in [2.24, 2.45) is 0 Å². The van der Waals surface area contributed by atoms with E-state index in [0.29, 0.717) is 0 Å². The largest absolute Gasteiger partial charge is 0.350 e. The average Bonchev–Trinajstić information content (AvgIpc) is 2.68. The van der Waals surface area contributed by atoms with Crippen LogP contribution in [0, 0.1) is 0 Å². The number of halogens is 1. The molecule has 0 heterocycles. The van der Waals surface area contributed by atoms with Gasteiger partial charge in [-0.05, 0) is 47.5 Å². The molecule has 0 spiro atoms. The van der Waals surface area contributed by atoms with Gasteiger partial charge >= 0.3 is 0 Å². The molecule has 0 bridgehead atoms. The lowest BCUT2D eigenvalue weighted by atomic mass is 10.1. The summed E-state index contributed by atoms with van der Waals surface area (Å²) < 4.78 is 28.4. The summed E-state index contributed by atoms with van der Waals surface area (Å²) >= 11 is 3.38. The third-order valence-electron chi connectivity index (χ3n) is 4.42. The molecule has 146 valence electrons. The summed E-state index contributed by atoms with van der Waals surface area (Å²) in [6, 6.07) is 20.1. The van der Waals surface area contributed by atoms with E-state index in [0.717, 1.165) is 20.8 Å². The van der Waals surface area contributed by atoms with Crippen LogP contribution in [-0.4, -0.2) is 20.9 Å². The van der Waals surface area contributed by atoms with Gasteiger partial charge in [0.25, 0.3) is 0 Å². The molecular formula is C21H21BrN2O3S. The zero-order valence-corrected chi connectivity index (χ0v) is 17.8. The minimum Gasteiger partial charge on any atom is -0.350 e. The number of rotatable bonds is 7. The number of hydrogen-bond donors (Lipinski definition) is 2. The lowest BCUT2D eigenvalue weighted by Crippen LogP contribution is -2.32. The topological polar surface area (TPSA) is 75.3 Å². The van der Waals surface area contributed by atoms with Crippen molar-refractivity contribution in [1.82, 2.24) is 10.0 Å². The van der Waals surface area contributed by atoms with Crippen LogP contribution in [0.1, 0.15) is 24.9 Å². The van der Waals surface area contributed by atoms with Gasteiger partial charge in [-0.2, -0.15) is 0 Å². The molecule has 3 aromatic rings. The van der Waals surface area contributed by atoms with Gasteiger partial charge in [0, 0.05) is 17.4 Å². The van der Waals surface area contributed by atoms with Gasteiger partial charge in [0.15, 0.2) is 0 Å². The molecule has 7 heteroatoms. The van der Waals surface area contributed by atoms with Crippen LogP contribution in [0.4, 0.5) is 0 Å². The summed E-state index contributed by atoms with van der Waals surface area (Å²) in [5.41, 5.74) is 0.980. The smallest absolute Gasteiger partial charge is 0.240 e. The Labute approximate surface area is 173 Å². The van der Waals surface area contributed by atoms with E-state index in [1.165, 1.54) is 0 Å². The molecule has 28 heavy (non-hydrogen) atoms. The van der Waals surface area contributed by atoms with Crippen LogP contribution in [-0.2, 0) is 14.8 Å². The Morgan fingerprint density at radius 2 is 1.68 bits per heavy atom. The molecule has 0 saturated heterocycles. The van der Waals surface area contributed by atoms with Crippen molar-refractivity contribution in [3.8, 4) is 0 Å². The molecule has 2 N–H and O–H groups in total. The number of benzene rings is 3. The number of carbonyl (C=O) groups is 1. The number of carbonyl (C=O) groups excluding carboxylic acids is 1. The molecule has 0 fully saturated rings. The maximum atomic E-state index is 12.5. The van der Waals surface area contributed by atoms with Crippen LogP contribution in [0.2, 0.25) is 0 Å². The van der Waals surface area contributed by atoms with Crippen LogP contribution in [0.15, 0.2) is 76.1 Å². The Morgan fingerprint density at radius 3 is 2.39 bits per heavy atom. The minimum absolute atomic E-state index is 0.0358. The summed E-state index contributed by atoms with van der Waals surface area (Å²) in [5.74, 6) is -0.211. The van der Waals surface area contributed by atoms with Crippen molar-refractivity contribution in [2.75, 3.05) is 6.54 Å². The molecule has 0 radical (unpaired) electrons. The van der Waals surface area contributed by atoms with Crippen LogP contribution in [0.25, 0.3) is 10.8 Å². The quantitative estimate of drug-likeness (QED) is 0.555. The van der Waals surface area contributed by atoms with Gasteiger partial charge in [-0.3, -0.25) is 4.79 Å². The van der Waals surface area contributed by atoms with Crippen molar-refractivity contribution in [2.45, 2.75) is 24.3 Å². The minimum atomic E-state index is -3.67. The molecule has 0 aromatic heterocycles. The maximum absolute atomic E-state index is 12.5. The van der Waals surface area contributed by atoms with E-state index in [2.05, 4.69) is 26.0 Å². The third-order valence-corrected chi connectivity index (χ3v) is 6.41. The molecule has 3 aromatic carbocycles. The van der Waals surface area contributed by atoms with E-state index < -0.39 is 10.0 Å². The van der Waals surface area contributed by atoms with Gasteiger partial charge in [0.2, 0.25) is 15.9 Å². The van der Waals surface area contributed by atoms with Crippen LogP contribution < -0.4 is 10.0 Å². The fraction of sp³-hybridized carbons (Fsp3) is 0.190. The van der Waals surface area contributed by atoms with E-state index >= 15 is 0 Å².